The third-order valence-electron chi connectivity index (χ3n) is 0. The van der Waals surface area contributed by atoms with Crippen molar-refractivity contribution in [3.63, 3.8) is 0 Å². The molecular formula is H10AlInMgMnSn. The van der Waals surface area contributed by atoms with Crippen LogP contribution in [0.25, 0.3) is 0 Å². The van der Waals surface area contributed by atoms with Crippen molar-refractivity contribution in [3.8, 4) is 0 Å². The predicted octanol–water partition coefficient (Wildman–Crippen LogP) is -4.20. The Labute approximate surface area is 105 Å². The van der Waals surface area contributed by atoms with Crippen molar-refractivity contribution in [2.75, 3.05) is 0 Å². The van der Waals surface area contributed by atoms with E-state index in [0.717, 1.165) is 0 Å². The van der Waals surface area contributed by atoms with Gasteiger partial charge in [-0.3, -0.25) is 0 Å². The van der Waals surface area contributed by atoms with Crippen molar-refractivity contribution in [2.24, 2.45) is 0 Å². The van der Waals surface area contributed by atoms with Crippen molar-refractivity contribution < 1.29 is 17.1 Å². The molecule has 0 fully saturated rings. The van der Waals surface area contributed by atoms with Gasteiger partial charge in [0.15, 0.2) is 17.4 Å². The summed E-state index contributed by atoms with van der Waals surface area (Å²) < 4.78 is 0. The van der Waals surface area contributed by atoms with Crippen LogP contribution < -0.4 is 0 Å². The van der Waals surface area contributed by atoms with Gasteiger partial charge in [-0.2, -0.15) is 0 Å². The monoisotopic (exact) mass is 351 g/mol. The third kappa shape index (κ3) is 18.5. The van der Waals surface area contributed by atoms with E-state index in [9.17, 15) is 0 Å². The van der Waals surface area contributed by atoms with Gasteiger partial charge < -0.3 is 0 Å². The van der Waals surface area contributed by atoms with Crippen LogP contribution in [0, 0.1) is 0 Å². The SMILES string of the molecule is [AlH3].[InH3].[MgH2].[Mn].[SnH2]. The van der Waals surface area contributed by atoms with Gasteiger partial charge in [0.05, 0.1) is 0 Å². The Morgan fingerprint density at radius 3 is 1.00 bits per heavy atom. The molecule has 0 rings (SSSR count). The molecule has 0 aromatic rings. The van der Waals surface area contributed by atoms with Gasteiger partial charge in [-0.05, 0) is 0 Å². The molecule has 0 amide bonds. The van der Waals surface area contributed by atoms with E-state index in [1.165, 1.54) is 0 Å². The van der Waals surface area contributed by atoms with E-state index in [-0.39, 0.29) is 107 Å². The summed E-state index contributed by atoms with van der Waals surface area (Å²) in [5.41, 5.74) is 0. The van der Waals surface area contributed by atoms with E-state index in [1.54, 1.807) is 0 Å². The molecule has 0 aliphatic carbocycles. The van der Waals surface area contributed by atoms with Crippen LogP contribution in [-0.4, -0.2) is 90.2 Å². The maximum absolute atomic E-state index is 0. The van der Waals surface area contributed by atoms with Gasteiger partial charge >= 0.3 is 72.8 Å². The van der Waals surface area contributed by atoms with E-state index >= 15 is 0 Å². The second-order valence-electron chi connectivity index (χ2n) is 0. The molecule has 0 N–H and O–H groups in total. The first-order chi connectivity index (χ1) is 0. The summed E-state index contributed by atoms with van der Waals surface area (Å²) in [5, 5.41) is 0. The van der Waals surface area contributed by atoms with E-state index < -0.39 is 0 Å². The van der Waals surface area contributed by atoms with E-state index in [0.29, 0.717) is 0 Å². The second kappa shape index (κ2) is 25.9. The summed E-state index contributed by atoms with van der Waals surface area (Å²) in [6.45, 7) is 0. The summed E-state index contributed by atoms with van der Waals surface area (Å²) in [6, 6.07) is 0. The van der Waals surface area contributed by atoms with Crippen molar-refractivity contribution in [1.29, 1.82) is 0 Å². The van der Waals surface area contributed by atoms with Gasteiger partial charge in [0.25, 0.3) is 0 Å². The van der Waals surface area contributed by atoms with Gasteiger partial charge in [-0.25, -0.2) is 0 Å². The Hall–Kier alpha value is 3.49. The number of hydrogen-bond acceptors (Lipinski definition) is 0. The summed E-state index contributed by atoms with van der Waals surface area (Å²) >= 11 is 0. The van der Waals surface area contributed by atoms with Crippen molar-refractivity contribution >= 4 is 90.2 Å². The topological polar surface area (TPSA) is 0 Å². The van der Waals surface area contributed by atoms with Crippen molar-refractivity contribution in [1.82, 2.24) is 0 Å². The first-order valence-corrected chi connectivity index (χ1v) is 0. The van der Waals surface area contributed by atoms with Gasteiger partial charge in [0, 0.05) is 17.1 Å². The van der Waals surface area contributed by atoms with Crippen molar-refractivity contribution in [2.45, 2.75) is 0 Å². The van der Waals surface area contributed by atoms with E-state index in [1.807, 2.05) is 0 Å². The van der Waals surface area contributed by atoms with Crippen LogP contribution in [0.5, 0.6) is 0 Å². The standard InChI is InChI=1S/Al.In.Mg.Mn.Sn.10H. The zero-order valence-electron chi connectivity index (χ0n) is 1.09. The van der Waals surface area contributed by atoms with Crippen LogP contribution in [-0.2, 0) is 17.1 Å². The van der Waals surface area contributed by atoms with Gasteiger partial charge in [-0.15, -0.1) is 0 Å². The van der Waals surface area contributed by atoms with Crippen LogP contribution in [0.4, 0.5) is 0 Å². The summed E-state index contributed by atoms with van der Waals surface area (Å²) in [5.74, 6) is 0. The van der Waals surface area contributed by atoms with Crippen LogP contribution in [0.2, 0.25) is 0 Å². The zero-order chi connectivity index (χ0) is 0. The fourth-order valence-electron chi connectivity index (χ4n) is 0. The third-order valence-corrected chi connectivity index (χ3v) is 0. The molecule has 29 valence electrons. The molecule has 0 atom stereocenters. The average molecular weight is 350 g/mol. The summed E-state index contributed by atoms with van der Waals surface area (Å²) in [4.78, 5) is 0. The molecule has 0 aromatic carbocycles. The molecule has 0 bridgehead atoms. The number of hydrogen-bond donors (Lipinski definition) is 0. The molecule has 0 spiro atoms. The summed E-state index contributed by atoms with van der Waals surface area (Å²) in [7, 11) is 0. The van der Waals surface area contributed by atoms with E-state index in [2.05, 4.69) is 0 Å². The molecule has 0 aromatic heterocycles. The zero-order valence-corrected chi connectivity index (χ0v) is 6.30. The predicted molar refractivity (Wildman–Crippen MR) is 37.0 cm³/mol. The van der Waals surface area contributed by atoms with E-state index in [4.69, 9.17) is 0 Å². The maximum atomic E-state index is 0. The molecule has 0 aliphatic rings. The molecule has 3 radical (unpaired) electrons. The minimum atomic E-state index is 0. The molecule has 5 heavy (non-hydrogen) atoms. The Morgan fingerprint density at radius 1 is 1.00 bits per heavy atom. The average Bonchev–Trinajstić information content (AvgIpc) is 0. The van der Waals surface area contributed by atoms with Gasteiger partial charge in [-0.1, -0.05) is 0 Å². The molecular weight excluding hydrogens is 340 g/mol. The Kier molecular flexibility index (Phi) is 203. The first-order valence-electron chi connectivity index (χ1n) is 0. The molecule has 5 heteroatoms. The Morgan fingerprint density at radius 2 is 1.00 bits per heavy atom. The van der Waals surface area contributed by atoms with Crippen LogP contribution in [0.1, 0.15) is 0 Å². The van der Waals surface area contributed by atoms with Gasteiger partial charge in [0.1, 0.15) is 0 Å². The molecule has 0 heterocycles. The minimum absolute atomic E-state index is 0. The normalized spacial score (nSPS) is 0. The Balaban J connectivity index is 0. The molecule has 0 unspecified atom stereocenters. The number of rotatable bonds is 0. The van der Waals surface area contributed by atoms with Crippen LogP contribution in [0.15, 0.2) is 0 Å². The second-order valence-corrected chi connectivity index (χ2v) is 0. The van der Waals surface area contributed by atoms with Crippen molar-refractivity contribution in [3.05, 3.63) is 0 Å². The Bertz CT molecular complexity index is 11.6. The summed E-state index contributed by atoms with van der Waals surface area (Å²) in [6.07, 6.45) is 0. The van der Waals surface area contributed by atoms with Crippen LogP contribution >= 0.6 is 0 Å². The first kappa shape index (κ1) is 39.1. The molecule has 0 saturated heterocycles. The molecule has 0 aliphatic heterocycles. The molecule has 0 nitrogen and oxygen atoms in total. The fraction of sp³-hybridized carbons (Fsp3) is 0. The fourth-order valence-corrected chi connectivity index (χ4v) is 0. The quantitative estimate of drug-likeness (QED) is 0.389. The molecule has 0 saturated carbocycles. The van der Waals surface area contributed by atoms with Gasteiger partial charge in [0.2, 0.25) is 0 Å². The van der Waals surface area contributed by atoms with Crippen LogP contribution in [0.3, 0.4) is 0 Å².